The number of nitrogens with one attached hydrogen (secondary N) is 1. The van der Waals surface area contributed by atoms with Crippen LogP contribution in [0.25, 0.3) is 0 Å². The van der Waals surface area contributed by atoms with Crippen LogP contribution >= 0.6 is 0 Å². The molecule has 0 amide bonds. The Labute approximate surface area is 139 Å². The fourth-order valence-corrected chi connectivity index (χ4v) is 1.78. The minimum absolute atomic E-state index is 0.0223. The van der Waals surface area contributed by atoms with Crippen LogP contribution in [0.5, 0.6) is 5.75 Å². The number of alkyl halides is 3. The van der Waals surface area contributed by atoms with Crippen molar-refractivity contribution < 1.29 is 27.4 Å². The molecule has 0 radical (unpaired) electrons. The topological polar surface area (TPSA) is 47.6 Å². The number of benzene rings is 1. The average Bonchev–Trinajstić information content (AvgIpc) is 2.48. The number of ether oxygens (including phenoxy) is 2. The molecule has 1 aromatic rings. The van der Waals surface area contributed by atoms with E-state index in [4.69, 9.17) is 4.74 Å². The Hall–Kier alpha value is -2.36. The minimum atomic E-state index is -5.01. The molecule has 0 saturated heterocycles. The normalized spacial score (nSPS) is 14.0. The van der Waals surface area contributed by atoms with Crippen LogP contribution < -0.4 is 10.1 Å². The van der Waals surface area contributed by atoms with Gasteiger partial charge in [0, 0.05) is 5.41 Å². The molecule has 0 aliphatic rings. The summed E-state index contributed by atoms with van der Waals surface area (Å²) < 4.78 is 50.8. The first-order valence-corrected chi connectivity index (χ1v) is 7.07. The zero-order valence-electron chi connectivity index (χ0n) is 14.2. The molecule has 0 bridgehead atoms. The quantitative estimate of drug-likeness (QED) is 0.670. The van der Waals surface area contributed by atoms with Crippen molar-refractivity contribution in [2.45, 2.75) is 32.5 Å². The molecule has 1 N–H and O–H groups in total. The molecule has 0 spiro atoms. The Balaban J connectivity index is 3.56. The molecule has 0 aromatic heterocycles. The Kier molecular flexibility index (Phi) is 5.77. The first-order valence-electron chi connectivity index (χ1n) is 7.07. The predicted octanol–water partition coefficient (Wildman–Crippen LogP) is 3.63. The third-order valence-electron chi connectivity index (χ3n) is 2.97. The number of halogens is 3. The zero-order valence-corrected chi connectivity index (χ0v) is 14.2. The molecular weight excluding hydrogens is 323 g/mol. The molecule has 0 unspecified atom stereocenters. The third kappa shape index (κ3) is 4.34. The number of para-hydroxylation sites is 2. The molecule has 0 aliphatic heterocycles. The smallest absolute Gasteiger partial charge is 0.434 e. The monoisotopic (exact) mass is 343 g/mol. The summed E-state index contributed by atoms with van der Waals surface area (Å²) in [6.45, 7) is 4.92. The highest BCUT2D eigenvalue weighted by Gasteiger charge is 2.62. The van der Waals surface area contributed by atoms with E-state index in [1.165, 1.54) is 25.3 Å². The highest BCUT2D eigenvalue weighted by Crippen LogP contribution is 2.37. The van der Waals surface area contributed by atoms with Crippen molar-refractivity contribution in [1.29, 1.82) is 0 Å². The lowest BCUT2D eigenvalue weighted by Gasteiger charge is -2.31. The Morgan fingerprint density at radius 2 is 1.67 bits per heavy atom. The molecule has 0 saturated carbocycles. The van der Waals surface area contributed by atoms with Crippen LogP contribution in [0.2, 0.25) is 0 Å². The number of anilines is 1. The van der Waals surface area contributed by atoms with Crippen molar-refractivity contribution in [3.05, 3.63) is 24.3 Å². The van der Waals surface area contributed by atoms with Gasteiger partial charge in [-0.2, -0.15) is 13.2 Å². The number of rotatable bonds is 4. The summed E-state index contributed by atoms with van der Waals surface area (Å²) in [4.78, 5) is 12.1. The molecule has 24 heavy (non-hydrogen) atoms. The highest BCUT2D eigenvalue weighted by atomic mass is 19.4. The lowest BCUT2D eigenvalue weighted by atomic mass is 9.92. The summed E-state index contributed by atoms with van der Waals surface area (Å²) in [5.41, 5.74) is -3.97. The van der Waals surface area contributed by atoms with Crippen LogP contribution in [-0.2, 0) is 9.53 Å². The van der Waals surface area contributed by atoms with Crippen LogP contribution in [-0.4, -0.2) is 31.9 Å². The number of carbonyl (C=O) groups is 1. The summed E-state index contributed by atoms with van der Waals surface area (Å²) in [5, 5.41) is 2.18. The van der Waals surface area contributed by atoms with Crippen molar-refractivity contribution >= 4 is 11.7 Å². The second-order valence-corrected chi connectivity index (χ2v) is 6.06. The fourth-order valence-electron chi connectivity index (χ4n) is 1.78. The summed E-state index contributed by atoms with van der Waals surface area (Å²) in [7, 11) is 2.19. The van der Waals surface area contributed by atoms with Gasteiger partial charge in [0.1, 0.15) is 5.75 Å². The predicted molar refractivity (Wildman–Crippen MR) is 84.6 cm³/mol. The first kappa shape index (κ1) is 19.7. The van der Waals surface area contributed by atoms with Gasteiger partial charge in [0.25, 0.3) is 5.54 Å². The SMILES string of the molecule is COC(=O)[C@@](C#CC(C)(C)C)(Nc1ccccc1OC)C(F)(F)F. The first-order chi connectivity index (χ1) is 11.0. The van der Waals surface area contributed by atoms with Crippen LogP contribution in [0.4, 0.5) is 18.9 Å². The molecule has 0 aliphatic carbocycles. The zero-order chi connectivity index (χ0) is 18.6. The number of methoxy groups -OCH3 is 2. The largest absolute Gasteiger partial charge is 0.495 e. The van der Waals surface area contributed by atoms with Crippen LogP contribution in [0, 0.1) is 17.3 Å². The molecule has 4 nitrogen and oxygen atoms in total. The molecule has 7 heteroatoms. The molecule has 1 aromatic carbocycles. The number of esters is 1. The van der Waals surface area contributed by atoms with Crippen molar-refractivity contribution in [3.63, 3.8) is 0 Å². The van der Waals surface area contributed by atoms with E-state index < -0.39 is 23.1 Å². The number of hydrogen-bond donors (Lipinski definition) is 1. The lowest BCUT2D eigenvalue weighted by Crippen LogP contribution is -2.57. The van der Waals surface area contributed by atoms with Crippen molar-refractivity contribution in [3.8, 4) is 17.6 Å². The third-order valence-corrected chi connectivity index (χ3v) is 2.97. The van der Waals surface area contributed by atoms with Gasteiger partial charge in [-0.15, -0.1) is 0 Å². The van der Waals surface area contributed by atoms with Gasteiger partial charge in [-0.1, -0.05) is 24.0 Å². The van der Waals surface area contributed by atoms with Gasteiger partial charge in [0.2, 0.25) is 0 Å². The van der Waals surface area contributed by atoms with E-state index in [1.54, 1.807) is 26.8 Å². The standard InChI is InChI=1S/C17H20F3NO3/c1-15(2,3)10-11-16(14(22)24-5,17(18,19)20)21-12-8-6-7-9-13(12)23-4/h6-9,21H,1-5H3/t16-/m1/s1. The summed E-state index contributed by atoms with van der Waals surface area (Å²) in [6, 6.07) is 5.94. The van der Waals surface area contributed by atoms with Crippen LogP contribution in [0.15, 0.2) is 24.3 Å². The van der Waals surface area contributed by atoms with E-state index >= 15 is 0 Å². The van der Waals surface area contributed by atoms with Gasteiger partial charge in [-0.05, 0) is 32.9 Å². The van der Waals surface area contributed by atoms with E-state index in [9.17, 15) is 18.0 Å². The fraction of sp³-hybridized carbons (Fsp3) is 0.471. The average molecular weight is 343 g/mol. The highest BCUT2D eigenvalue weighted by molar-refractivity contribution is 5.90. The minimum Gasteiger partial charge on any atom is -0.495 e. The van der Waals surface area contributed by atoms with Gasteiger partial charge in [0.15, 0.2) is 0 Å². The second-order valence-electron chi connectivity index (χ2n) is 6.06. The summed E-state index contributed by atoms with van der Waals surface area (Å²) in [5.74, 6) is 3.12. The summed E-state index contributed by atoms with van der Waals surface area (Å²) >= 11 is 0. The van der Waals surface area contributed by atoms with Gasteiger partial charge in [-0.25, -0.2) is 4.79 Å². The van der Waals surface area contributed by atoms with Gasteiger partial charge in [-0.3, -0.25) is 0 Å². The van der Waals surface area contributed by atoms with E-state index in [0.717, 1.165) is 7.11 Å². The van der Waals surface area contributed by atoms with E-state index in [2.05, 4.69) is 16.0 Å². The Morgan fingerprint density at radius 3 is 2.12 bits per heavy atom. The molecule has 0 fully saturated rings. The lowest BCUT2D eigenvalue weighted by molar-refractivity contribution is -0.187. The molecule has 1 atom stereocenters. The van der Waals surface area contributed by atoms with Gasteiger partial charge < -0.3 is 14.8 Å². The van der Waals surface area contributed by atoms with Crippen LogP contribution in [0.3, 0.4) is 0 Å². The number of carbonyl (C=O) groups excluding carboxylic acids is 1. The molecular formula is C17H20F3NO3. The maximum absolute atomic E-state index is 13.8. The van der Waals surface area contributed by atoms with Crippen molar-refractivity contribution in [1.82, 2.24) is 0 Å². The van der Waals surface area contributed by atoms with E-state index in [0.29, 0.717) is 0 Å². The maximum atomic E-state index is 13.8. The van der Waals surface area contributed by atoms with Crippen molar-refractivity contribution in [2.24, 2.45) is 5.41 Å². The molecule has 132 valence electrons. The molecule has 1 rings (SSSR count). The second kappa shape index (κ2) is 7.04. The van der Waals surface area contributed by atoms with Crippen LogP contribution in [0.1, 0.15) is 20.8 Å². The van der Waals surface area contributed by atoms with E-state index in [1.807, 2.05) is 5.92 Å². The Bertz CT molecular complexity index is 654. The van der Waals surface area contributed by atoms with Crippen molar-refractivity contribution in [2.75, 3.05) is 19.5 Å². The maximum Gasteiger partial charge on any atom is 0.434 e. The summed E-state index contributed by atoms with van der Waals surface area (Å²) in [6.07, 6.45) is -5.01. The molecule has 0 heterocycles. The van der Waals surface area contributed by atoms with Gasteiger partial charge in [0.05, 0.1) is 19.9 Å². The Morgan fingerprint density at radius 1 is 1.08 bits per heavy atom. The van der Waals surface area contributed by atoms with E-state index in [-0.39, 0.29) is 11.4 Å². The number of hydrogen-bond acceptors (Lipinski definition) is 4. The van der Waals surface area contributed by atoms with Gasteiger partial charge >= 0.3 is 12.1 Å².